The molecule has 0 fully saturated rings. The van der Waals surface area contributed by atoms with Crippen LogP contribution in [0.3, 0.4) is 0 Å². The van der Waals surface area contributed by atoms with Crippen LogP contribution < -0.4 is 10.1 Å². The van der Waals surface area contributed by atoms with Gasteiger partial charge in [-0.1, -0.05) is 6.07 Å². The molecule has 6 heteroatoms. The van der Waals surface area contributed by atoms with Crippen LogP contribution in [-0.2, 0) is 19.7 Å². The van der Waals surface area contributed by atoms with Crippen molar-refractivity contribution >= 4 is 5.95 Å². The zero-order valence-electron chi connectivity index (χ0n) is 13.3. The summed E-state index contributed by atoms with van der Waals surface area (Å²) in [5.41, 5.74) is 3.10. The normalized spacial score (nSPS) is 14.7. The standard InChI is InChI=1S/C17H22N4O2/c1-2-18-17-19-8-14(9-20-17)10-21-5-6-23-16-4-3-13(12-22)7-15(16)11-21/h3-4,7-9,22H,2,5-6,10-12H2,1H3,(H,18,19,20). The number of nitrogens with zero attached hydrogens (tertiary/aromatic N) is 3. The Kier molecular flexibility index (Phi) is 5.05. The van der Waals surface area contributed by atoms with Crippen molar-refractivity contribution in [3.8, 4) is 5.75 Å². The highest BCUT2D eigenvalue weighted by Crippen LogP contribution is 2.25. The van der Waals surface area contributed by atoms with Crippen LogP contribution in [0.1, 0.15) is 23.6 Å². The zero-order valence-corrected chi connectivity index (χ0v) is 13.3. The quantitative estimate of drug-likeness (QED) is 0.877. The van der Waals surface area contributed by atoms with Crippen LogP contribution >= 0.6 is 0 Å². The Hall–Kier alpha value is -2.18. The smallest absolute Gasteiger partial charge is 0.222 e. The van der Waals surface area contributed by atoms with E-state index in [1.807, 2.05) is 37.5 Å². The minimum absolute atomic E-state index is 0.0486. The Morgan fingerprint density at radius 2 is 2.09 bits per heavy atom. The predicted octanol–water partition coefficient (Wildman–Crippen LogP) is 1.80. The van der Waals surface area contributed by atoms with Gasteiger partial charge in [-0.05, 0) is 24.6 Å². The van der Waals surface area contributed by atoms with E-state index in [-0.39, 0.29) is 6.61 Å². The molecule has 0 saturated carbocycles. The van der Waals surface area contributed by atoms with Gasteiger partial charge in [0.1, 0.15) is 12.4 Å². The van der Waals surface area contributed by atoms with E-state index in [0.717, 1.165) is 48.6 Å². The van der Waals surface area contributed by atoms with Gasteiger partial charge < -0.3 is 15.2 Å². The van der Waals surface area contributed by atoms with Gasteiger partial charge in [0.2, 0.25) is 5.95 Å². The third-order valence-corrected chi connectivity index (χ3v) is 3.81. The zero-order chi connectivity index (χ0) is 16.1. The number of aliphatic hydroxyl groups excluding tert-OH is 1. The molecule has 0 bridgehead atoms. The van der Waals surface area contributed by atoms with E-state index in [2.05, 4.69) is 20.2 Å². The second-order valence-corrected chi connectivity index (χ2v) is 5.60. The topological polar surface area (TPSA) is 70.5 Å². The average molecular weight is 314 g/mol. The van der Waals surface area contributed by atoms with Crippen LogP contribution in [-0.4, -0.2) is 39.7 Å². The first kappa shape index (κ1) is 15.7. The van der Waals surface area contributed by atoms with E-state index < -0.39 is 0 Å². The summed E-state index contributed by atoms with van der Waals surface area (Å²) >= 11 is 0. The fraction of sp³-hybridized carbons (Fsp3) is 0.412. The second kappa shape index (κ2) is 7.39. The van der Waals surface area contributed by atoms with E-state index >= 15 is 0 Å². The highest BCUT2D eigenvalue weighted by Gasteiger charge is 2.16. The molecule has 1 aromatic heterocycles. The Morgan fingerprint density at radius 3 is 2.83 bits per heavy atom. The van der Waals surface area contributed by atoms with Crippen LogP contribution in [0.5, 0.6) is 5.75 Å². The number of ether oxygens (including phenoxy) is 1. The van der Waals surface area contributed by atoms with Gasteiger partial charge >= 0.3 is 0 Å². The number of fused-ring (bicyclic) bond motifs is 1. The number of nitrogens with one attached hydrogen (secondary N) is 1. The highest BCUT2D eigenvalue weighted by molar-refractivity contribution is 5.37. The number of hydrogen-bond acceptors (Lipinski definition) is 6. The Bertz CT molecular complexity index is 646. The summed E-state index contributed by atoms with van der Waals surface area (Å²) in [6.45, 7) is 5.95. The van der Waals surface area contributed by atoms with Crippen molar-refractivity contribution in [2.24, 2.45) is 0 Å². The first-order valence-electron chi connectivity index (χ1n) is 7.91. The molecule has 2 heterocycles. The van der Waals surface area contributed by atoms with E-state index in [9.17, 15) is 5.11 Å². The number of aromatic nitrogens is 2. The second-order valence-electron chi connectivity index (χ2n) is 5.60. The molecular formula is C17H22N4O2. The lowest BCUT2D eigenvalue weighted by atomic mass is 10.1. The highest BCUT2D eigenvalue weighted by atomic mass is 16.5. The first-order valence-corrected chi connectivity index (χ1v) is 7.91. The summed E-state index contributed by atoms with van der Waals surface area (Å²) in [6.07, 6.45) is 3.73. The molecule has 0 saturated heterocycles. The number of anilines is 1. The molecule has 0 unspecified atom stereocenters. The van der Waals surface area contributed by atoms with Crippen molar-refractivity contribution in [3.63, 3.8) is 0 Å². The molecule has 1 aliphatic heterocycles. The van der Waals surface area contributed by atoms with Gasteiger partial charge in [-0.25, -0.2) is 9.97 Å². The van der Waals surface area contributed by atoms with Gasteiger partial charge in [-0.15, -0.1) is 0 Å². The van der Waals surface area contributed by atoms with Crippen molar-refractivity contribution in [3.05, 3.63) is 47.3 Å². The maximum atomic E-state index is 9.30. The lowest BCUT2D eigenvalue weighted by molar-refractivity contribution is 0.219. The largest absolute Gasteiger partial charge is 0.492 e. The van der Waals surface area contributed by atoms with Gasteiger partial charge in [0.25, 0.3) is 0 Å². The maximum absolute atomic E-state index is 9.30. The lowest BCUT2D eigenvalue weighted by Gasteiger charge is -2.19. The Balaban J connectivity index is 1.70. The van der Waals surface area contributed by atoms with Crippen LogP contribution in [0.4, 0.5) is 5.95 Å². The van der Waals surface area contributed by atoms with Gasteiger partial charge in [0, 0.05) is 49.7 Å². The number of aliphatic hydroxyl groups is 1. The molecule has 0 radical (unpaired) electrons. The molecule has 3 rings (SSSR count). The third-order valence-electron chi connectivity index (χ3n) is 3.81. The molecule has 1 aromatic carbocycles. The summed E-state index contributed by atoms with van der Waals surface area (Å²) < 4.78 is 5.80. The lowest BCUT2D eigenvalue weighted by Crippen LogP contribution is -2.25. The molecule has 2 N–H and O–H groups in total. The van der Waals surface area contributed by atoms with E-state index in [1.54, 1.807) is 0 Å². The Morgan fingerprint density at radius 1 is 1.26 bits per heavy atom. The molecule has 0 atom stereocenters. The molecule has 0 spiro atoms. The molecule has 6 nitrogen and oxygen atoms in total. The molecule has 23 heavy (non-hydrogen) atoms. The summed E-state index contributed by atoms with van der Waals surface area (Å²) in [7, 11) is 0. The van der Waals surface area contributed by atoms with Crippen LogP contribution in [0.15, 0.2) is 30.6 Å². The van der Waals surface area contributed by atoms with E-state index in [0.29, 0.717) is 12.6 Å². The van der Waals surface area contributed by atoms with Gasteiger partial charge in [-0.2, -0.15) is 0 Å². The van der Waals surface area contributed by atoms with E-state index in [4.69, 9.17) is 4.74 Å². The van der Waals surface area contributed by atoms with E-state index in [1.165, 1.54) is 0 Å². The third kappa shape index (κ3) is 3.97. The Labute approximate surface area is 136 Å². The van der Waals surface area contributed by atoms with Crippen molar-refractivity contribution in [2.75, 3.05) is 25.0 Å². The number of hydrogen-bond donors (Lipinski definition) is 2. The monoisotopic (exact) mass is 314 g/mol. The fourth-order valence-electron chi connectivity index (χ4n) is 2.68. The minimum Gasteiger partial charge on any atom is -0.492 e. The van der Waals surface area contributed by atoms with Gasteiger partial charge in [0.05, 0.1) is 6.61 Å². The number of benzene rings is 1. The van der Waals surface area contributed by atoms with Crippen molar-refractivity contribution in [1.29, 1.82) is 0 Å². The van der Waals surface area contributed by atoms with Crippen LogP contribution in [0.25, 0.3) is 0 Å². The van der Waals surface area contributed by atoms with Gasteiger partial charge in [-0.3, -0.25) is 4.90 Å². The number of rotatable bonds is 5. The predicted molar refractivity (Wildman–Crippen MR) is 88.2 cm³/mol. The summed E-state index contributed by atoms with van der Waals surface area (Å²) in [4.78, 5) is 10.9. The summed E-state index contributed by atoms with van der Waals surface area (Å²) in [6, 6.07) is 5.86. The molecule has 122 valence electrons. The van der Waals surface area contributed by atoms with Gasteiger partial charge in [0.15, 0.2) is 0 Å². The first-order chi connectivity index (χ1) is 11.3. The minimum atomic E-state index is 0.0486. The summed E-state index contributed by atoms with van der Waals surface area (Å²) in [5.74, 6) is 1.57. The van der Waals surface area contributed by atoms with Crippen molar-refractivity contribution in [1.82, 2.24) is 14.9 Å². The summed E-state index contributed by atoms with van der Waals surface area (Å²) in [5, 5.41) is 12.4. The molecular weight excluding hydrogens is 292 g/mol. The van der Waals surface area contributed by atoms with Crippen molar-refractivity contribution < 1.29 is 9.84 Å². The van der Waals surface area contributed by atoms with Crippen LogP contribution in [0.2, 0.25) is 0 Å². The van der Waals surface area contributed by atoms with Crippen LogP contribution in [0, 0.1) is 0 Å². The fourth-order valence-corrected chi connectivity index (χ4v) is 2.68. The maximum Gasteiger partial charge on any atom is 0.222 e. The molecule has 1 aliphatic rings. The molecule has 0 amide bonds. The van der Waals surface area contributed by atoms with Crippen molar-refractivity contribution in [2.45, 2.75) is 26.6 Å². The molecule has 2 aromatic rings. The molecule has 0 aliphatic carbocycles. The SMILES string of the molecule is CCNc1ncc(CN2CCOc3ccc(CO)cc3C2)cn1. The average Bonchev–Trinajstić information content (AvgIpc) is 2.77.